The van der Waals surface area contributed by atoms with E-state index >= 15 is 0 Å². The Morgan fingerprint density at radius 1 is 0.459 bits per heavy atom. The molecule has 0 radical (unpaired) electrons. The number of anilines is 2. The van der Waals surface area contributed by atoms with Gasteiger partial charge >= 0.3 is 0 Å². The number of nitrogens with one attached hydrogen (secondary N) is 12. The van der Waals surface area contributed by atoms with E-state index < -0.39 is 174 Å². The molecule has 0 aliphatic carbocycles. The number of aliphatic hydroxyl groups excluding tert-OH is 3. The van der Waals surface area contributed by atoms with Crippen molar-refractivity contribution in [3.05, 3.63) is 90.5 Å². The minimum atomic E-state index is -4.57. The molecule has 10 atom stereocenters. The predicted octanol–water partition coefficient (Wildman–Crippen LogP) is -3.65. The summed E-state index contributed by atoms with van der Waals surface area (Å²) < 4.78 is 33.7. The van der Waals surface area contributed by atoms with Gasteiger partial charge in [-0.1, -0.05) is 52.0 Å². The average Bonchev–Trinajstić information content (AvgIpc) is 0.786. The summed E-state index contributed by atoms with van der Waals surface area (Å²) in [6, 6.07) is 6.92. The minimum absolute atomic E-state index is 0.00399. The molecule has 0 saturated heterocycles. The van der Waals surface area contributed by atoms with E-state index in [2.05, 4.69) is 84.0 Å². The number of carbonyl (C=O) groups excluding carboxylic acids is 12. The highest BCUT2D eigenvalue weighted by molar-refractivity contribution is 7.86. The van der Waals surface area contributed by atoms with Crippen molar-refractivity contribution in [2.75, 3.05) is 70.3 Å². The van der Waals surface area contributed by atoms with Crippen molar-refractivity contribution in [1.82, 2.24) is 58.5 Å². The Labute approximate surface area is 641 Å². The first-order valence-corrected chi connectivity index (χ1v) is 36.9. The molecule has 608 valence electrons. The van der Waals surface area contributed by atoms with Crippen molar-refractivity contribution < 1.29 is 85.8 Å². The molecule has 0 fully saturated rings. The highest BCUT2D eigenvalue weighted by Gasteiger charge is 2.36. The van der Waals surface area contributed by atoms with Gasteiger partial charge in [0.05, 0.1) is 31.2 Å². The first kappa shape index (κ1) is 91.7. The second kappa shape index (κ2) is 45.3. The molecule has 0 heterocycles. The van der Waals surface area contributed by atoms with Gasteiger partial charge in [-0.2, -0.15) is 18.6 Å². The zero-order valence-electron chi connectivity index (χ0n) is 62.9. The quantitative estimate of drug-likeness (QED) is 0.00667. The van der Waals surface area contributed by atoms with Crippen molar-refractivity contribution >= 4 is 126 Å². The molecule has 12 amide bonds. The number of fused-ring (bicyclic) bond motifs is 1. The Kier molecular flexibility index (Phi) is 37.4. The molecule has 0 aromatic heterocycles. The van der Waals surface area contributed by atoms with E-state index in [-0.39, 0.29) is 98.4 Å². The van der Waals surface area contributed by atoms with Crippen LogP contribution >= 0.6 is 0 Å². The number of benzene rings is 4. The fraction of sp³-hybridized carbons (Fsp3) is 0.486. The number of azo groups is 1. The number of carbonyl (C=O) groups is 12. The summed E-state index contributed by atoms with van der Waals surface area (Å²) in [7, 11) is -0.746. The van der Waals surface area contributed by atoms with E-state index in [0.29, 0.717) is 22.4 Å². The fourth-order valence-corrected chi connectivity index (χ4v) is 11.3. The standard InChI is InChI=1S/C70H104N22O18S/c1-37(2)33-51(85-60(99)41-19-21-42(22-20-41)90-91-43-23-25-44(26-24-43)92(7)8)64(103)81-39(5)58(97)82-50(27-28-56(71)96)62(101)80-40(6)59(98)89-57(38(3)4)68(107)84-49(17-12-30-79-70(74)75)63(102)86-53(35-94)66(105)88-54(36-95)67(106)87-52(34-93)65(104)83-48(16-11-29-78-69(72)73)61(100)77-32-31-76-47-15-9-14-46-45(47)13-10-18-55(46)111(108,109)110/h9-10,13-15,18-26,37-40,48-54,57,76,93-95H,11-12,16-17,27-36H2,1-8H3,(H2,71,96)(H,77,100)(H,80,101)(H,81,103)(H,82,97)(H,83,104)(H,84,107)(H,85,99)(H,86,102)(H,87,106)(H,88,105)(H,89,98)(H4,72,73,78)(H4,74,75,79)(H,108,109,110). The number of amides is 12. The minimum Gasteiger partial charge on any atom is -0.394 e. The molecule has 0 bridgehead atoms. The number of nitrogens with two attached hydrogens (primary N) is 5. The predicted molar refractivity (Wildman–Crippen MR) is 410 cm³/mol. The lowest BCUT2D eigenvalue weighted by Crippen LogP contribution is -2.62. The van der Waals surface area contributed by atoms with Crippen LogP contribution in [0, 0.1) is 11.8 Å². The Bertz CT molecular complexity index is 4080. The van der Waals surface area contributed by atoms with Gasteiger partial charge in [-0.15, -0.1) is 0 Å². The Hall–Kier alpha value is -11.7. The molecule has 111 heavy (non-hydrogen) atoms. The number of nitrogens with zero attached hydrogens (tertiary/aromatic N) is 5. The van der Waals surface area contributed by atoms with Crippen LogP contribution in [0.2, 0.25) is 0 Å². The van der Waals surface area contributed by atoms with Crippen molar-refractivity contribution in [3.63, 3.8) is 0 Å². The molecule has 0 aliphatic heterocycles. The number of guanidine groups is 2. The summed E-state index contributed by atoms with van der Waals surface area (Å²) in [5.74, 6) is -13.0. The molecule has 0 saturated carbocycles. The monoisotopic (exact) mass is 1570 g/mol. The molecular weight excluding hydrogens is 1470 g/mol. The lowest BCUT2D eigenvalue weighted by atomic mass is 10.0. The SMILES string of the molecule is CC(C)CC(NC(=O)c1ccc(N=Nc2ccc(N(C)C)cc2)cc1)C(=O)NC(C)C(=O)NC(CCC(N)=O)C(=O)NC(C)C(=O)NC(C(=O)NC(CCCN=C(N)N)C(=O)NC(CO)C(=O)NC(CO)C(=O)NC(CO)C(=O)NC(CCCN=C(N)N)C(=O)NCCNc1cccc2c(S(=O)(=O)O)cccc12)C(C)C. The van der Waals surface area contributed by atoms with Crippen molar-refractivity contribution in [3.8, 4) is 0 Å². The molecule has 0 spiro atoms. The van der Waals surface area contributed by atoms with E-state index in [9.17, 15) is 85.8 Å². The number of primary amides is 1. The maximum Gasteiger partial charge on any atom is 0.295 e. The summed E-state index contributed by atoms with van der Waals surface area (Å²) in [5.41, 5.74) is 30.0. The zero-order chi connectivity index (χ0) is 82.8. The second-order valence-electron chi connectivity index (χ2n) is 26.7. The highest BCUT2D eigenvalue weighted by Crippen LogP contribution is 2.29. The van der Waals surface area contributed by atoms with Gasteiger partial charge in [0.1, 0.15) is 65.3 Å². The smallest absolute Gasteiger partial charge is 0.295 e. The normalized spacial score (nSPS) is 14.0. The lowest BCUT2D eigenvalue weighted by molar-refractivity contribution is -0.137. The summed E-state index contributed by atoms with van der Waals surface area (Å²) in [5, 5.41) is 70.0. The van der Waals surface area contributed by atoms with Gasteiger partial charge in [0.2, 0.25) is 65.0 Å². The van der Waals surface area contributed by atoms with E-state index in [1.54, 1.807) is 42.5 Å². The van der Waals surface area contributed by atoms with Gasteiger partial charge in [0.25, 0.3) is 16.0 Å². The maximum absolute atomic E-state index is 14.2. The molecule has 10 unspecified atom stereocenters. The fourth-order valence-electron chi connectivity index (χ4n) is 10.6. The number of aliphatic imine (C=N–C) groups is 2. The van der Waals surface area contributed by atoms with Crippen LogP contribution in [0.25, 0.3) is 10.8 Å². The van der Waals surface area contributed by atoms with Crippen LogP contribution in [0.4, 0.5) is 22.7 Å². The molecule has 26 N–H and O–H groups in total. The van der Waals surface area contributed by atoms with Gasteiger partial charge in [-0.25, -0.2) is 0 Å². The first-order chi connectivity index (χ1) is 52.4. The van der Waals surface area contributed by atoms with Gasteiger partial charge in [0, 0.05) is 74.4 Å². The van der Waals surface area contributed by atoms with E-state index in [1.807, 2.05) is 45.0 Å². The van der Waals surface area contributed by atoms with Gasteiger partial charge in [-0.05, 0) is 125 Å². The van der Waals surface area contributed by atoms with E-state index in [1.165, 1.54) is 58.0 Å². The molecule has 4 rings (SSSR count). The van der Waals surface area contributed by atoms with Gasteiger partial charge in [-0.3, -0.25) is 72.1 Å². The molecule has 0 aliphatic rings. The first-order valence-electron chi connectivity index (χ1n) is 35.4. The summed E-state index contributed by atoms with van der Waals surface area (Å²) in [6.45, 7) is 5.73. The van der Waals surface area contributed by atoms with Crippen molar-refractivity contribution in [2.45, 2.75) is 152 Å². The van der Waals surface area contributed by atoms with Gasteiger partial charge in [0.15, 0.2) is 11.9 Å². The molecule has 4 aromatic carbocycles. The summed E-state index contributed by atoms with van der Waals surface area (Å²) >= 11 is 0. The lowest BCUT2D eigenvalue weighted by Gasteiger charge is -2.28. The van der Waals surface area contributed by atoms with Crippen molar-refractivity contribution in [2.24, 2.45) is 60.7 Å². The highest BCUT2D eigenvalue weighted by atomic mass is 32.2. The molecule has 4 aromatic rings. The largest absolute Gasteiger partial charge is 0.394 e. The maximum atomic E-state index is 14.2. The summed E-state index contributed by atoms with van der Waals surface area (Å²) in [4.78, 5) is 173. The van der Waals surface area contributed by atoms with Crippen LogP contribution in [0.3, 0.4) is 0 Å². The zero-order valence-corrected chi connectivity index (χ0v) is 63.8. The van der Waals surface area contributed by atoms with Crippen LogP contribution < -0.4 is 97.4 Å². The number of hydrogen-bond donors (Lipinski definition) is 21. The van der Waals surface area contributed by atoms with E-state index in [4.69, 9.17) is 28.7 Å². The van der Waals surface area contributed by atoms with E-state index in [0.717, 1.165) is 5.69 Å². The third kappa shape index (κ3) is 31.1. The summed E-state index contributed by atoms with van der Waals surface area (Å²) in [6.07, 6.45) is -0.890. The number of hydrogen-bond acceptors (Lipinski definition) is 23. The molecular formula is C70H104N22O18S. The number of aliphatic hydroxyl groups is 3. The van der Waals surface area contributed by atoms with Crippen LogP contribution in [-0.4, -0.2) is 232 Å². The molecule has 40 nitrogen and oxygen atoms in total. The van der Waals surface area contributed by atoms with Crippen LogP contribution in [0.1, 0.15) is 96.8 Å². The topological polar surface area (TPSA) is 647 Å². The van der Waals surface area contributed by atoms with Crippen LogP contribution in [-0.2, 0) is 62.9 Å². The average molecular weight is 1570 g/mol. The second-order valence-corrected chi connectivity index (χ2v) is 28.1. The number of rotatable bonds is 46. The van der Waals surface area contributed by atoms with Crippen LogP contribution in [0.15, 0.2) is 110 Å². The third-order valence-electron chi connectivity index (χ3n) is 16.7. The Balaban J connectivity index is 1.39. The van der Waals surface area contributed by atoms with Crippen molar-refractivity contribution in [1.29, 1.82) is 0 Å². The Morgan fingerprint density at radius 3 is 1.35 bits per heavy atom. The third-order valence-corrected chi connectivity index (χ3v) is 17.6. The Morgan fingerprint density at radius 2 is 0.883 bits per heavy atom. The van der Waals surface area contributed by atoms with Crippen LogP contribution in [0.5, 0.6) is 0 Å². The van der Waals surface area contributed by atoms with Gasteiger partial charge < -0.3 is 113 Å². The molecule has 41 heteroatoms.